The topological polar surface area (TPSA) is 41.6 Å². The molecule has 0 bridgehead atoms. The maximum absolute atomic E-state index is 12.6. The molecule has 0 unspecified atom stereocenters. The summed E-state index contributed by atoms with van der Waals surface area (Å²) in [5, 5.41) is 3.03. The molecule has 1 aliphatic rings. The Morgan fingerprint density at radius 1 is 1.36 bits per heavy atom. The van der Waals surface area contributed by atoms with Crippen molar-refractivity contribution in [3.8, 4) is 5.75 Å². The van der Waals surface area contributed by atoms with E-state index >= 15 is 0 Å². The summed E-state index contributed by atoms with van der Waals surface area (Å²) in [5.74, 6) is 1.20. The van der Waals surface area contributed by atoms with Crippen molar-refractivity contribution in [1.29, 1.82) is 0 Å². The van der Waals surface area contributed by atoms with Gasteiger partial charge in [0.05, 0.1) is 12.3 Å². The Morgan fingerprint density at radius 3 is 2.86 bits per heavy atom. The summed E-state index contributed by atoms with van der Waals surface area (Å²) in [6.07, 6.45) is 4.43. The molecule has 4 heteroatoms. The molecule has 1 aromatic carbocycles. The van der Waals surface area contributed by atoms with Gasteiger partial charge in [-0.3, -0.25) is 0 Å². The number of amides is 2. The van der Waals surface area contributed by atoms with Crippen molar-refractivity contribution >= 4 is 11.7 Å². The maximum Gasteiger partial charge on any atom is 0.322 e. The summed E-state index contributed by atoms with van der Waals surface area (Å²) in [6, 6.07) is 8.01. The van der Waals surface area contributed by atoms with E-state index in [-0.39, 0.29) is 6.03 Å². The van der Waals surface area contributed by atoms with E-state index in [9.17, 15) is 4.79 Å². The molecule has 1 atom stereocenters. The Labute approximate surface area is 133 Å². The summed E-state index contributed by atoms with van der Waals surface area (Å²) >= 11 is 0. The predicted molar refractivity (Wildman–Crippen MR) is 90.4 cm³/mol. The van der Waals surface area contributed by atoms with Gasteiger partial charge in [0.2, 0.25) is 0 Å². The van der Waals surface area contributed by atoms with Crippen LogP contribution in [0.2, 0.25) is 0 Å². The van der Waals surface area contributed by atoms with Crippen molar-refractivity contribution in [3.63, 3.8) is 0 Å². The fourth-order valence-electron chi connectivity index (χ4n) is 2.83. The molecule has 0 spiro atoms. The number of piperidine rings is 1. The van der Waals surface area contributed by atoms with Crippen LogP contribution in [0.15, 0.2) is 24.3 Å². The van der Waals surface area contributed by atoms with E-state index in [4.69, 9.17) is 4.74 Å². The van der Waals surface area contributed by atoms with Crippen LogP contribution in [0.1, 0.15) is 46.5 Å². The molecule has 2 rings (SSSR count). The fraction of sp³-hybridized carbons (Fsp3) is 0.611. The Kier molecular flexibility index (Phi) is 6.10. The first-order valence-electron chi connectivity index (χ1n) is 8.41. The molecule has 1 aromatic rings. The van der Waals surface area contributed by atoms with Gasteiger partial charge in [-0.1, -0.05) is 32.9 Å². The zero-order valence-corrected chi connectivity index (χ0v) is 14.0. The lowest BCUT2D eigenvalue weighted by Crippen LogP contribution is -2.45. The van der Waals surface area contributed by atoms with Crippen LogP contribution < -0.4 is 10.1 Å². The third-order valence-electron chi connectivity index (χ3n) is 4.06. The number of rotatable bonds is 5. The minimum Gasteiger partial charge on any atom is -0.491 e. The first-order valence-corrected chi connectivity index (χ1v) is 8.41. The lowest BCUT2D eigenvalue weighted by atomic mass is 10.0. The largest absolute Gasteiger partial charge is 0.491 e. The Balaban J connectivity index is 2.04. The molecule has 0 aromatic heterocycles. The molecule has 0 aliphatic carbocycles. The lowest BCUT2D eigenvalue weighted by molar-refractivity contribution is 0.160. The summed E-state index contributed by atoms with van der Waals surface area (Å²) in [6.45, 7) is 7.87. The highest BCUT2D eigenvalue weighted by Crippen LogP contribution is 2.26. The van der Waals surface area contributed by atoms with Gasteiger partial charge in [0.25, 0.3) is 0 Å². The second-order valence-corrected chi connectivity index (χ2v) is 6.38. The SMILES string of the molecule is CC[C@H]1CCCCN1C(=O)Nc1ccccc1OCC(C)C. The van der Waals surface area contributed by atoms with Crippen molar-refractivity contribution in [2.24, 2.45) is 5.92 Å². The summed E-state index contributed by atoms with van der Waals surface area (Å²) in [7, 11) is 0. The van der Waals surface area contributed by atoms with E-state index in [1.54, 1.807) is 0 Å². The van der Waals surface area contributed by atoms with Crippen molar-refractivity contribution in [2.45, 2.75) is 52.5 Å². The summed E-state index contributed by atoms with van der Waals surface area (Å²) < 4.78 is 5.81. The van der Waals surface area contributed by atoms with Crippen LogP contribution in [-0.2, 0) is 0 Å². The molecule has 0 radical (unpaired) electrons. The van der Waals surface area contributed by atoms with Gasteiger partial charge in [0, 0.05) is 12.6 Å². The van der Waals surface area contributed by atoms with Crippen LogP contribution in [0.25, 0.3) is 0 Å². The minimum atomic E-state index is -0.00727. The number of likely N-dealkylation sites (tertiary alicyclic amines) is 1. The van der Waals surface area contributed by atoms with Gasteiger partial charge in [-0.05, 0) is 43.7 Å². The predicted octanol–water partition coefficient (Wildman–Crippen LogP) is 4.52. The smallest absolute Gasteiger partial charge is 0.322 e. The molecule has 1 heterocycles. The van der Waals surface area contributed by atoms with Crippen LogP contribution in [0.5, 0.6) is 5.75 Å². The fourth-order valence-corrected chi connectivity index (χ4v) is 2.83. The number of anilines is 1. The van der Waals surface area contributed by atoms with Gasteiger partial charge in [-0.2, -0.15) is 0 Å². The number of ether oxygens (including phenoxy) is 1. The number of hydrogen-bond donors (Lipinski definition) is 1. The lowest BCUT2D eigenvalue weighted by Gasteiger charge is -2.35. The highest BCUT2D eigenvalue weighted by Gasteiger charge is 2.25. The van der Waals surface area contributed by atoms with Crippen molar-refractivity contribution < 1.29 is 9.53 Å². The number of carbonyl (C=O) groups excluding carboxylic acids is 1. The molecule has 1 N–H and O–H groups in total. The number of nitrogens with one attached hydrogen (secondary N) is 1. The molecular formula is C18H28N2O2. The average Bonchev–Trinajstić information content (AvgIpc) is 2.53. The van der Waals surface area contributed by atoms with Gasteiger partial charge in [-0.15, -0.1) is 0 Å². The zero-order valence-electron chi connectivity index (χ0n) is 14.0. The van der Waals surface area contributed by atoms with Crippen LogP contribution in [0.3, 0.4) is 0 Å². The molecule has 22 heavy (non-hydrogen) atoms. The number of carbonyl (C=O) groups is 1. The Hall–Kier alpha value is -1.71. The maximum atomic E-state index is 12.6. The van der Waals surface area contributed by atoms with Crippen LogP contribution in [-0.4, -0.2) is 30.1 Å². The van der Waals surface area contributed by atoms with Gasteiger partial charge in [0.1, 0.15) is 5.75 Å². The van der Waals surface area contributed by atoms with E-state index in [0.29, 0.717) is 18.6 Å². The molecule has 2 amide bonds. The van der Waals surface area contributed by atoms with Gasteiger partial charge in [0.15, 0.2) is 0 Å². The highest BCUT2D eigenvalue weighted by atomic mass is 16.5. The third-order valence-corrected chi connectivity index (χ3v) is 4.06. The molecule has 1 saturated heterocycles. The highest BCUT2D eigenvalue weighted by molar-refractivity contribution is 5.91. The number of urea groups is 1. The Bertz CT molecular complexity index is 488. The monoisotopic (exact) mass is 304 g/mol. The quantitative estimate of drug-likeness (QED) is 0.869. The van der Waals surface area contributed by atoms with Crippen LogP contribution in [0.4, 0.5) is 10.5 Å². The second-order valence-electron chi connectivity index (χ2n) is 6.38. The number of para-hydroxylation sites is 2. The minimum absolute atomic E-state index is 0.00727. The second kappa shape index (κ2) is 8.06. The van der Waals surface area contributed by atoms with Crippen LogP contribution >= 0.6 is 0 Å². The van der Waals surface area contributed by atoms with E-state index in [2.05, 4.69) is 26.1 Å². The molecular weight excluding hydrogens is 276 g/mol. The van der Waals surface area contributed by atoms with E-state index in [1.807, 2.05) is 29.2 Å². The van der Waals surface area contributed by atoms with E-state index < -0.39 is 0 Å². The van der Waals surface area contributed by atoms with Gasteiger partial charge < -0.3 is 15.0 Å². The Morgan fingerprint density at radius 2 is 2.14 bits per heavy atom. The molecule has 122 valence electrons. The summed E-state index contributed by atoms with van der Waals surface area (Å²) in [5.41, 5.74) is 0.758. The standard InChI is InChI=1S/C18H28N2O2/c1-4-15-9-7-8-12-20(15)18(21)19-16-10-5-6-11-17(16)22-13-14(2)3/h5-6,10-11,14-15H,4,7-9,12-13H2,1-3H3,(H,19,21)/t15-/m0/s1. The third kappa shape index (κ3) is 4.39. The normalized spacial score (nSPS) is 18.4. The molecule has 4 nitrogen and oxygen atoms in total. The van der Waals surface area contributed by atoms with Gasteiger partial charge in [-0.25, -0.2) is 4.79 Å². The number of hydrogen-bond acceptors (Lipinski definition) is 2. The first kappa shape index (κ1) is 16.7. The molecule has 0 saturated carbocycles. The number of benzene rings is 1. The van der Waals surface area contributed by atoms with Gasteiger partial charge >= 0.3 is 6.03 Å². The molecule has 1 fully saturated rings. The number of nitrogens with zero attached hydrogens (tertiary/aromatic N) is 1. The van der Waals surface area contributed by atoms with E-state index in [1.165, 1.54) is 6.42 Å². The van der Waals surface area contributed by atoms with E-state index in [0.717, 1.165) is 37.2 Å². The molecule has 1 aliphatic heterocycles. The summed E-state index contributed by atoms with van der Waals surface area (Å²) in [4.78, 5) is 14.6. The zero-order chi connectivity index (χ0) is 15.9. The van der Waals surface area contributed by atoms with Crippen molar-refractivity contribution in [3.05, 3.63) is 24.3 Å². The average molecular weight is 304 g/mol. The van der Waals surface area contributed by atoms with Crippen molar-refractivity contribution in [1.82, 2.24) is 4.90 Å². The van der Waals surface area contributed by atoms with Crippen molar-refractivity contribution in [2.75, 3.05) is 18.5 Å². The van der Waals surface area contributed by atoms with Crippen LogP contribution in [0, 0.1) is 5.92 Å². The first-order chi connectivity index (χ1) is 10.6.